The fourth-order valence-electron chi connectivity index (χ4n) is 11.7. The number of sulfone groups is 1. The molecule has 5 aromatic heterocycles. The van der Waals surface area contributed by atoms with Crippen molar-refractivity contribution < 1.29 is 23.4 Å². The fourth-order valence-corrected chi connectivity index (χ4v) is 12.8. The zero-order chi connectivity index (χ0) is 49.0. The van der Waals surface area contributed by atoms with E-state index in [0.29, 0.717) is 54.1 Å². The van der Waals surface area contributed by atoms with Gasteiger partial charge in [-0.05, 0) is 153 Å². The highest BCUT2D eigenvalue weighted by atomic mass is 32.2. The van der Waals surface area contributed by atoms with Crippen LogP contribution in [0.2, 0.25) is 0 Å². The fraction of sp³-hybridized carbons (Fsp3) is 0.660. The van der Waals surface area contributed by atoms with Crippen LogP contribution in [0.5, 0.6) is 0 Å². The number of aryl methyl sites for hydroxylation is 2. The topological polar surface area (TPSA) is 193 Å². The number of aromatic nitrogens is 7. The molecule has 1 aliphatic heterocycles. The Kier molecular flexibility index (Phi) is 16.3. The molecule has 4 fully saturated rings. The number of carbonyl (C=O) groups is 1. The maximum absolute atomic E-state index is 13.3. The van der Waals surface area contributed by atoms with Gasteiger partial charge in [-0.2, -0.15) is 9.97 Å². The van der Waals surface area contributed by atoms with Crippen molar-refractivity contribution in [2.45, 2.75) is 204 Å². The summed E-state index contributed by atoms with van der Waals surface area (Å²) in [5, 5.41) is 28.9. The maximum Gasteiger partial charge on any atom is 0.254 e. The van der Waals surface area contributed by atoms with Gasteiger partial charge in [0, 0.05) is 102 Å². The Balaban J connectivity index is 0.000000188. The smallest absolute Gasteiger partial charge is 0.254 e. The van der Waals surface area contributed by atoms with Crippen LogP contribution in [0.3, 0.4) is 0 Å². The molecule has 0 bridgehead atoms. The summed E-state index contributed by atoms with van der Waals surface area (Å²) >= 11 is 0. The van der Waals surface area contributed by atoms with Crippen LogP contribution in [-0.2, 0) is 9.84 Å². The third kappa shape index (κ3) is 12.1. The highest BCUT2D eigenvalue weighted by molar-refractivity contribution is 7.91. The van der Waals surface area contributed by atoms with Crippen LogP contribution in [0.25, 0.3) is 22.1 Å². The molecule has 4 N–H and O–H groups in total. The highest BCUT2D eigenvalue weighted by Crippen LogP contribution is 2.42. The minimum absolute atomic E-state index is 0.0776. The number of anilines is 2. The molecule has 9 rings (SSSR count). The summed E-state index contributed by atoms with van der Waals surface area (Å²) in [7, 11) is -2.98. The zero-order valence-corrected chi connectivity index (χ0v) is 43.0. The highest BCUT2D eigenvalue weighted by Gasteiger charge is 2.34. The second-order valence-corrected chi connectivity index (χ2v) is 23.4. The predicted octanol–water partition coefficient (Wildman–Crippen LogP) is 9.73. The molecule has 6 heterocycles. The number of aliphatic hydroxyl groups excluding tert-OH is 2. The summed E-state index contributed by atoms with van der Waals surface area (Å²) in [6, 6.07) is 5.04. The Morgan fingerprint density at radius 3 is 1.59 bits per heavy atom. The van der Waals surface area contributed by atoms with Crippen LogP contribution >= 0.6 is 0 Å². The largest absolute Gasteiger partial charge is 0.393 e. The Labute approximate surface area is 409 Å². The molecule has 15 nitrogen and oxygen atoms in total. The van der Waals surface area contributed by atoms with Crippen LogP contribution in [-0.4, -0.2) is 112 Å². The standard InChI is InChI=1S/C29H40N6O2.C24H38N4O3S/c1-5-6-18(2)32-29-30-15-25-26(17-35(27(25)33-29)23-7-9-24(36)10-8-23)21-11-12-34(16-21)28(37)22-13-19(3)31-20(4)14-22;1-4-5-16(2)26-24-25-14-21-22(17-6-12-20(13-7-17)32(3,30)31)15-28(23(21)27-24)18-8-10-19(29)11-9-18/h13-15,17-18,21,23-24,36H,5-12,16H2,1-4H3,(H,30,32,33);14-20,29H,4-13H2,1-3H3,(H,25,26,27)/t18-,21?,23?,24?;16-,17?,18?,19?,20?/m00/s1. The van der Waals surface area contributed by atoms with E-state index in [-0.39, 0.29) is 29.3 Å². The Hall–Kier alpha value is -4.67. The van der Waals surface area contributed by atoms with Gasteiger partial charge in [-0.1, -0.05) is 26.7 Å². The van der Waals surface area contributed by atoms with Gasteiger partial charge in [-0.25, -0.2) is 18.4 Å². The minimum Gasteiger partial charge on any atom is -0.393 e. The first kappa shape index (κ1) is 50.7. The van der Waals surface area contributed by atoms with Gasteiger partial charge in [0.1, 0.15) is 21.1 Å². The van der Waals surface area contributed by atoms with Gasteiger partial charge in [-0.3, -0.25) is 9.78 Å². The van der Waals surface area contributed by atoms with Crippen LogP contribution in [0.4, 0.5) is 11.9 Å². The molecule has 4 aliphatic rings. The molecule has 69 heavy (non-hydrogen) atoms. The van der Waals surface area contributed by atoms with Crippen LogP contribution < -0.4 is 10.6 Å². The molecule has 0 radical (unpaired) electrons. The first-order valence-corrected chi connectivity index (χ1v) is 28.1. The third-order valence-corrected chi connectivity index (χ3v) is 17.2. The second-order valence-electron chi connectivity index (χ2n) is 21.1. The molecule has 0 spiro atoms. The molecule has 1 amide bonds. The summed E-state index contributed by atoms with van der Waals surface area (Å²) in [6.07, 6.45) is 25.0. The van der Waals surface area contributed by atoms with Gasteiger partial charge in [0.05, 0.1) is 17.5 Å². The van der Waals surface area contributed by atoms with Gasteiger partial charge in [0.2, 0.25) is 11.9 Å². The molecular formula is C53H78N10O5S. The van der Waals surface area contributed by atoms with Crippen molar-refractivity contribution in [2.75, 3.05) is 30.0 Å². The molecule has 3 atom stereocenters. The number of pyridine rings is 1. The van der Waals surface area contributed by atoms with Gasteiger partial charge in [0.25, 0.3) is 5.91 Å². The Bertz CT molecular complexity index is 2620. The van der Waals surface area contributed by atoms with Gasteiger partial charge < -0.3 is 34.9 Å². The molecule has 5 aromatic rings. The molecule has 3 aliphatic carbocycles. The van der Waals surface area contributed by atoms with Crippen molar-refractivity contribution in [2.24, 2.45) is 0 Å². The van der Waals surface area contributed by atoms with Crippen molar-refractivity contribution in [3.8, 4) is 0 Å². The number of nitrogens with zero attached hydrogens (tertiary/aromatic N) is 8. The first-order chi connectivity index (χ1) is 33.1. The SMILES string of the molecule is CCC[C@H](C)Nc1ncc2c(C3CCC(S(C)(=O)=O)CC3)cn(C3CCC(O)CC3)c2n1.CCC[C@H](C)Nc1ncc2c(C3CCN(C(=O)c4cc(C)nc(C)c4)C3)cn(C3CCC(O)CC3)c2n1. The molecule has 1 unspecified atom stereocenters. The summed E-state index contributed by atoms with van der Waals surface area (Å²) in [6.45, 7) is 14.0. The van der Waals surface area contributed by atoms with Crippen molar-refractivity contribution in [3.05, 3.63) is 65.0 Å². The number of hydrogen-bond acceptors (Lipinski definition) is 12. The van der Waals surface area contributed by atoms with E-state index in [9.17, 15) is 23.4 Å². The summed E-state index contributed by atoms with van der Waals surface area (Å²) < 4.78 is 28.6. The molecule has 3 saturated carbocycles. The number of amides is 1. The third-order valence-electron chi connectivity index (χ3n) is 15.5. The first-order valence-electron chi connectivity index (χ1n) is 26.2. The number of fused-ring (bicyclic) bond motifs is 2. The number of hydrogen-bond donors (Lipinski definition) is 4. The van der Waals surface area contributed by atoms with E-state index in [1.165, 1.54) is 17.4 Å². The van der Waals surface area contributed by atoms with Gasteiger partial charge in [0.15, 0.2) is 0 Å². The Morgan fingerprint density at radius 1 is 0.681 bits per heavy atom. The number of likely N-dealkylation sites (tertiary alicyclic amines) is 1. The molecule has 376 valence electrons. The van der Waals surface area contributed by atoms with Crippen molar-refractivity contribution >= 4 is 49.7 Å². The van der Waals surface area contributed by atoms with Gasteiger partial charge in [-0.15, -0.1) is 0 Å². The van der Waals surface area contributed by atoms with Crippen LogP contribution in [0, 0.1) is 13.8 Å². The average molecular weight is 967 g/mol. The quantitative estimate of drug-likeness (QED) is 0.0825. The summed E-state index contributed by atoms with van der Waals surface area (Å²) in [5.74, 6) is 2.00. The zero-order valence-electron chi connectivity index (χ0n) is 42.2. The maximum atomic E-state index is 13.3. The van der Waals surface area contributed by atoms with Crippen LogP contribution in [0.15, 0.2) is 36.9 Å². The number of rotatable bonds is 14. The molecular weight excluding hydrogens is 889 g/mol. The van der Waals surface area contributed by atoms with E-state index in [1.807, 2.05) is 43.3 Å². The van der Waals surface area contributed by atoms with Crippen molar-refractivity contribution in [3.63, 3.8) is 0 Å². The lowest BCUT2D eigenvalue weighted by Gasteiger charge is -2.28. The Morgan fingerprint density at radius 2 is 1.14 bits per heavy atom. The predicted molar refractivity (Wildman–Crippen MR) is 275 cm³/mol. The van der Waals surface area contributed by atoms with E-state index in [1.54, 1.807) is 0 Å². The van der Waals surface area contributed by atoms with Gasteiger partial charge >= 0.3 is 0 Å². The lowest BCUT2D eigenvalue weighted by molar-refractivity contribution is 0.0790. The van der Waals surface area contributed by atoms with E-state index >= 15 is 0 Å². The number of carbonyl (C=O) groups excluding carboxylic acids is 1. The molecule has 16 heteroatoms. The normalized spacial score (nSPS) is 25.3. The minimum atomic E-state index is -2.98. The average Bonchev–Trinajstić information content (AvgIpc) is 4.05. The lowest BCUT2D eigenvalue weighted by Crippen LogP contribution is -2.28. The summed E-state index contributed by atoms with van der Waals surface area (Å²) in [4.78, 5) is 39.0. The van der Waals surface area contributed by atoms with E-state index in [2.05, 4.69) is 74.8 Å². The second kappa shape index (κ2) is 22.2. The number of nitrogens with one attached hydrogen (secondary N) is 2. The van der Waals surface area contributed by atoms with Crippen molar-refractivity contribution in [1.82, 2.24) is 39.0 Å². The lowest BCUT2D eigenvalue weighted by atomic mass is 9.84. The van der Waals surface area contributed by atoms with E-state index in [0.717, 1.165) is 149 Å². The molecule has 0 aromatic carbocycles. The summed E-state index contributed by atoms with van der Waals surface area (Å²) in [5.41, 5.74) is 6.87. The van der Waals surface area contributed by atoms with Crippen LogP contribution in [0.1, 0.15) is 194 Å². The number of aliphatic hydroxyl groups is 2. The molecule has 1 saturated heterocycles. The monoisotopic (exact) mass is 967 g/mol. The van der Waals surface area contributed by atoms with Crippen molar-refractivity contribution in [1.29, 1.82) is 0 Å². The van der Waals surface area contributed by atoms with E-state index < -0.39 is 9.84 Å². The van der Waals surface area contributed by atoms with E-state index in [4.69, 9.17) is 9.97 Å².